The molecule has 4 aromatic heterocycles. The van der Waals surface area contributed by atoms with Gasteiger partial charge in [-0.15, -0.1) is 0 Å². The molecule has 0 bridgehead atoms. The highest BCUT2D eigenvalue weighted by Crippen LogP contribution is 2.47. The van der Waals surface area contributed by atoms with Gasteiger partial charge in [-0.1, -0.05) is 81.8 Å². The van der Waals surface area contributed by atoms with Gasteiger partial charge in [-0.3, -0.25) is 28.5 Å². The lowest BCUT2D eigenvalue weighted by atomic mass is 9.86. The molecule has 0 aliphatic carbocycles. The molecule has 0 amide bonds. The van der Waals surface area contributed by atoms with Crippen LogP contribution in [-0.4, -0.2) is 32.0 Å². The summed E-state index contributed by atoms with van der Waals surface area (Å²) >= 11 is 0. The minimum atomic E-state index is -1.91. The predicted octanol–water partition coefficient (Wildman–Crippen LogP) is 13.8. The molecule has 13 aromatic rings. The van der Waals surface area contributed by atoms with E-state index in [0.29, 0.717) is 55.3 Å². The maximum absolute atomic E-state index is 15.0. The molecule has 9 aromatic carbocycles. The smallest absolute Gasteiger partial charge is 0.297 e. The Morgan fingerprint density at radius 3 is 1.50 bits per heavy atom. The van der Waals surface area contributed by atoms with Crippen LogP contribution in [0.25, 0.3) is 120 Å². The van der Waals surface area contributed by atoms with Crippen molar-refractivity contribution in [3.05, 3.63) is 157 Å². The number of imidazole rings is 2. The van der Waals surface area contributed by atoms with Crippen molar-refractivity contribution in [1.29, 1.82) is 0 Å². The zero-order valence-corrected chi connectivity index (χ0v) is 40.9. The van der Waals surface area contributed by atoms with Gasteiger partial charge < -0.3 is 10.2 Å². The van der Waals surface area contributed by atoms with Gasteiger partial charge in [0.05, 0.1) is 21.6 Å². The van der Waals surface area contributed by atoms with Crippen molar-refractivity contribution in [1.82, 2.24) is 18.8 Å². The van der Waals surface area contributed by atoms with Crippen LogP contribution >= 0.6 is 0 Å². The summed E-state index contributed by atoms with van der Waals surface area (Å²) in [6, 6.07) is 35.9. The molecule has 0 atom stereocenters. The Kier molecular flexibility index (Phi) is 8.49. The van der Waals surface area contributed by atoms with Gasteiger partial charge in [0.25, 0.3) is 16.8 Å². The summed E-state index contributed by atoms with van der Waals surface area (Å²) in [7, 11) is -1.91. The van der Waals surface area contributed by atoms with E-state index in [0.717, 1.165) is 87.6 Å². The molecule has 4 heterocycles. The van der Waals surface area contributed by atoms with Crippen molar-refractivity contribution >= 4 is 118 Å². The van der Waals surface area contributed by atoms with E-state index in [4.69, 9.17) is 20.1 Å². The van der Waals surface area contributed by atoms with Gasteiger partial charge in [-0.05, 0) is 159 Å². The molecule has 13 rings (SSSR count). The Bertz CT molecular complexity index is 4590. The second-order valence-electron chi connectivity index (χ2n) is 20.8. The summed E-state index contributed by atoms with van der Waals surface area (Å²) in [6.07, 6.45) is 0. The molecular formula is C58H46N6O5Si. The van der Waals surface area contributed by atoms with Crippen molar-refractivity contribution in [3.63, 3.8) is 0 Å². The Morgan fingerprint density at radius 1 is 0.557 bits per heavy atom. The van der Waals surface area contributed by atoms with Crippen LogP contribution < -0.4 is 21.3 Å². The maximum atomic E-state index is 15.0. The van der Waals surface area contributed by atoms with Gasteiger partial charge in [0.15, 0.2) is 5.52 Å². The van der Waals surface area contributed by atoms with Crippen LogP contribution in [0, 0.1) is 17.0 Å². The topological polar surface area (TPSA) is 147 Å². The molecule has 0 radical (unpaired) electrons. The molecule has 0 aliphatic rings. The minimum absolute atomic E-state index is 0.158. The van der Waals surface area contributed by atoms with Gasteiger partial charge in [-0.25, -0.2) is 9.97 Å². The van der Waals surface area contributed by atoms with Gasteiger partial charge >= 0.3 is 0 Å². The number of non-ortho nitro benzene ring substituents is 1. The first-order chi connectivity index (χ1) is 33.4. The highest BCUT2D eigenvalue weighted by atomic mass is 28.4. The number of nitro groups is 1. The Morgan fingerprint density at radius 2 is 0.986 bits per heavy atom. The number of hydrogen-bond acceptors (Lipinski definition) is 8. The lowest BCUT2D eigenvalue weighted by molar-refractivity contribution is -0.383. The lowest BCUT2D eigenvalue weighted by Crippen LogP contribution is -2.29. The van der Waals surface area contributed by atoms with Crippen LogP contribution in [0.2, 0.25) is 19.6 Å². The van der Waals surface area contributed by atoms with Gasteiger partial charge in [0.1, 0.15) is 22.6 Å². The highest BCUT2D eigenvalue weighted by molar-refractivity contribution is 6.70. The summed E-state index contributed by atoms with van der Waals surface area (Å²) < 4.78 is 9.74. The van der Waals surface area contributed by atoms with E-state index >= 15 is 4.79 Å². The molecule has 70 heavy (non-hydrogen) atoms. The molecule has 0 saturated carbocycles. The third-order valence-corrected chi connectivity index (χ3v) is 15.3. The second kappa shape index (κ2) is 14.2. The van der Waals surface area contributed by atoms with Crippen molar-refractivity contribution in [3.8, 4) is 28.0 Å². The largest absolute Gasteiger partial charge is 0.544 e. The average Bonchev–Trinajstić information content (AvgIpc) is 3.91. The summed E-state index contributed by atoms with van der Waals surface area (Å²) in [4.78, 5) is 52.4. The number of nitrogens with zero attached hydrogens (tertiary/aromatic N) is 5. The first kappa shape index (κ1) is 41.9. The second-order valence-corrected chi connectivity index (χ2v) is 25.2. The van der Waals surface area contributed by atoms with Crippen LogP contribution in [0.1, 0.15) is 56.2 Å². The number of aryl methyl sites for hydroxylation is 1. The van der Waals surface area contributed by atoms with Crippen LogP contribution in [-0.2, 0) is 0 Å². The van der Waals surface area contributed by atoms with Gasteiger partial charge in [0, 0.05) is 38.4 Å². The minimum Gasteiger partial charge on any atom is -0.544 e. The summed E-state index contributed by atoms with van der Waals surface area (Å²) in [5, 5.41) is 22.4. The van der Waals surface area contributed by atoms with E-state index in [1.807, 2.05) is 73.7 Å². The quantitative estimate of drug-likeness (QED) is 0.0415. The third-order valence-electron chi connectivity index (χ3n) is 14.4. The van der Waals surface area contributed by atoms with Gasteiger partial charge in [0.2, 0.25) is 8.32 Å². The fourth-order valence-corrected chi connectivity index (χ4v) is 12.1. The molecule has 11 nitrogen and oxygen atoms in total. The number of nitrogens with two attached hydrogens (primary N) is 1. The monoisotopic (exact) mass is 934 g/mol. The Hall–Kier alpha value is -8.22. The zero-order chi connectivity index (χ0) is 48.6. The fraction of sp³-hybridized carbons (Fsp3) is 0.172. The van der Waals surface area contributed by atoms with E-state index < -0.39 is 13.2 Å². The molecule has 342 valence electrons. The Labute approximate surface area is 400 Å². The maximum Gasteiger partial charge on any atom is 0.297 e. The normalized spacial score (nSPS) is 12.8. The number of hydrogen-bond donors (Lipinski definition) is 1. The molecule has 0 fully saturated rings. The van der Waals surface area contributed by atoms with E-state index in [2.05, 4.69) is 83.7 Å². The standard InChI is InChI=1S/C58H46N6O5Si/c1-27(2)30-17-29(5)18-32(19-30)35-25-47-54(48(26-35)64(67)68)61-56-42-14-10-38-39-11-15-43-51-41(13-9-37(49(39)51)40-12-16-44(52(42)50(38)40)58(66)63(47)56)55-60-53-45(59)23-34(24-46(53)62(55)57(43)65)33-20-31(28(3)4)21-36(22-33)69-70(6,7)8/h9-28H,59H2,1-8H3. The van der Waals surface area contributed by atoms with Crippen LogP contribution in [0.5, 0.6) is 5.75 Å². The molecule has 2 N–H and O–H groups in total. The zero-order valence-electron chi connectivity index (χ0n) is 39.9. The van der Waals surface area contributed by atoms with Crippen LogP contribution in [0.4, 0.5) is 11.4 Å². The molecule has 0 spiro atoms. The van der Waals surface area contributed by atoms with E-state index in [1.165, 1.54) is 0 Å². The first-order valence-corrected chi connectivity index (χ1v) is 27.1. The number of aromatic nitrogens is 4. The van der Waals surface area contributed by atoms with Crippen molar-refractivity contribution in [2.24, 2.45) is 0 Å². The molecular weight excluding hydrogens is 889 g/mol. The van der Waals surface area contributed by atoms with E-state index in [1.54, 1.807) is 14.9 Å². The number of pyridine rings is 2. The fourth-order valence-electron chi connectivity index (χ4n) is 11.3. The van der Waals surface area contributed by atoms with Crippen LogP contribution in [0.3, 0.4) is 0 Å². The summed E-state index contributed by atoms with van der Waals surface area (Å²) in [5.74, 6) is 1.35. The number of nitro benzene ring substituents is 1. The van der Waals surface area contributed by atoms with Gasteiger partial charge in [-0.2, -0.15) is 0 Å². The van der Waals surface area contributed by atoms with E-state index in [-0.39, 0.29) is 34.2 Å². The molecule has 0 unspecified atom stereocenters. The molecule has 0 saturated heterocycles. The summed E-state index contributed by atoms with van der Waals surface area (Å²) in [5.41, 5.74) is 15.9. The summed E-state index contributed by atoms with van der Waals surface area (Å²) in [6.45, 7) is 17.1. The van der Waals surface area contributed by atoms with Crippen molar-refractivity contribution in [2.45, 2.75) is 66.1 Å². The van der Waals surface area contributed by atoms with Crippen molar-refractivity contribution in [2.75, 3.05) is 5.73 Å². The SMILES string of the molecule is Cc1cc(-c2cc([N+](=O)[O-])c3nc4c5ccc6c7ccc8c(=O)n9c%10cc(-c%11cc(O[Si](C)(C)C)cc(C(C)C)c%11)cc(N)c%10nc9c9ccc(c%10ccc(c(=O)n4c3c2)c5c%106)c7c89)cc(C(C)C)c1. The third kappa shape index (κ3) is 5.79. The number of anilines is 1. The number of rotatable bonds is 7. The van der Waals surface area contributed by atoms with E-state index in [9.17, 15) is 14.9 Å². The average molecular weight is 935 g/mol. The first-order valence-electron chi connectivity index (χ1n) is 23.7. The number of fused-ring (bicyclic) bond motifs is 10. The number of nitrogen functional groups attached to an aromatic ring is 1. The van der Waals surface area contributed by atoms with Crippen LogP contribution in [0.15, 0.2) is 119 Å². The highest BCUT2D eigenvalue weighted by Gasteiger charge is 2.28. The predicted molar refractivity (Wildman–Crippen MR) is 289 cm³/mol. The Balaban J connectivity index is 1.05. The molecule has 12 heteroatoms. The number of benzene rings is 9. The molecule has 0 aliphatic heterocycles. The lowest BCUT2D eigenvalue weighted by Gasteiger charge is -2.21. The van der Waals surface area contributed by atoms with Crippen molar-refractivity contribution < 1.29 is 9.35 Å².